The Kier molecular flexibility index (Phi) is 7.11. The zero-order chi connectivity index (χ0) is 15.8. The van der Waals surface area contributed by atoms with E-state index < -0.39 is 0 Å². The Morgan fingerprint density at radius 2 is 2.00 bits per heavy atom. The first-order valence-electron chi connectivity index (χ1n) is 7.11. The summed E-state index contributed by atoms with van der Waals surface area (Å²) < 4.78 is 14.1. The quantitative estimate of drug-likeness (QED) is 0.332. The van der Waals surface area contributed by atoms with Gasteiger partial charge in [-0.25, -0.2) is 4.39 Å². The number of nitrogens with zero attached hydrogens (tertiary/aromatic N) is 3. The van der Waals surface area contributed by atoms with Gasteiger partial charge in [0.25, 0.3) is 0 Å². The molecule has 3 N–H and O–H groups in total. The minimum atomic E-state index is -0.329. The number of likely N-dealkylation sites (N-methyl/N-ethyl adjacent to an activating group) is 1. The summed E-state index contributed by atoms with van der Waals surface area (Å²) in [7, 11) is 4.05. The number of benzene rings is 1. The highest BCUT2D eigenvalue weighted by atomic mass is 19.1. The molecule has 0 saturated carbocycles. The molecule has 0 amide bonds. The third-order valence-electron chi connectivity index (χ3n) is 3.25. The number of halogens is 1. The van der Waals surface area contributed by atoms with Gasteiger partial charge in [-0.2, -0.15) is 0 Å². The van der Waals surface area contributed by atoms with Gasteiger partial charge >= 0.3 is 0 Å². The van der Waals surface area contributed by atoms with Gasteiger partial charge in [0.2, 0.25) is 0 Å². The Bertz CT molecular complexity index is 477. The molecule has 6 heteroatoms. The molecule has 0 aliphatic rings. The van der Waals surface area contributed by atoms with E-state index in [-0.39, 0.29) is 11.7 Å². The number of hydrogen-bond donors (Lipinski definition) is 2. The lowest BCUT2D eigenvalue weighted by atomic mass is 10.1. The minimum Gasteiger partial charge on any atom is -0.409 e. The smallest absolute Gasteiger partial charge is 0.170 e. The summed E-state index contributed by atoms with van der Waals surface area (Å²) in [5, 5.41) is 11.5. The Morgan fingerprint density at radius 1 is 1.29 bits per heavy atom. The van der Waals surface area contributed by atoms with Crippen LogP contribution in [-0.4, -0.2) is 54.6 Å². The molecule has 5 nitrogen and oxygen atoms in total. The minimum absolute atomic E-state index is 0.0847. The first-order valence-corrected chi connectivity index (χ1v) is 7.11. The van der Waals surface area contributed by atoms with Crippen LogP contribution in [0.2, 0.25) is 0 Å². The molecule has 1 rings (SSSR count). The molecule has 0 aromatic heterocycles. The molecule has 0 aliphatic heterocycles. The maximum absolute atomic E-state index is 14.1. The molecule has 1 aromatic rings. The van der Waals surface area contributed by atoms with Crippen molar-refractivity contribution in [3.63, 3.8) is 0 Å². The average molecular weight is 296 g/mol. The van der Waals surface area contributed by atoms with E-state index >= 15 is 0 Å². The van der Waals surface area contributed by atoms with Crippen LogP contribution in [0.4, 0.5) is 4.39 Å². The molecule has 0 heterocycles. The van der Waals surface area contributed by atoms with Crippen LogP contribution in [-0.2, 0) is 6.54 Å². The van der Waals surface area contributed by atoms with Crippen molar-refractivity contribution in [1.29, 1.82) is 0 Å². The van der Waals surface area contributed by atoms with E-state index in [0.29, 0.717) is 17.7 Å². The Morgan fingerprint density at radius 3 is 2.52 bits per heavy atom. The lowest BCUT2D eigenvalue weighted by Gasteiger charge is -2.24. The van der Waals surface area contributed by atoms with E-state index in [2.05, 4.69) is 21.9 Å². The number of amidine groups is 1. The van der Waals surface area contributed by atoms with Gasteiger partial charge in [-0.3, -0.25) is 4.90 Å². The van der Waals surface area contributed by atoms with E-state index in [1.54, 1.807) is 12.1 Å². The molecule has 21 heavy (non-hydrogen) atoms. The second kappa shape index (κ2) is 8.59. The van der Waals surface area contributed by atoms with Gasteiger partial charge in [-0.05, 0) is 33.1 Å². The fourth-order valence-electron chi connectivity index (χ4n) is 2.06. The molecule has 0 bridgehead atoms. The highest BCUT2D eigenvalue weighted by Crippen LogP contribution is 2.13. The molecule has 0 radical (unpaired) electrons. The van der Waals surface area contributed by atoms with Crippen molar-refractivity contribution < 1.29 is 9.60 Å². The lowest BCUT2D eigenvalue weighted by molar-refractivity contribution is 0.231. The van der Waals surface area contributed by atoms with Gasteiger partial charge in [0.15, 0.2) is 5.84 Å². The van der Waals surface area contributed by atoms with E-state index in [0.717, 1.165) is 26.1 Å². The van der Waals surface area contributed by atoms with Crippen LogP contribution in [0.1, 0.15) is 24.5 Å². The van der Waals surface area contributed by atoms with Gasteiger partial charge in [0.05, 0.1) is 0 Å². The van der Waals surface area contributed by atoms with Crippen LogP contribution >= 0.6 is 0 Å². The molecule has 0 saturated heterocycles. The van der Waals surface area contributed by atoms with Crippen LogP contribution in [0.15, 0.2) is 23.4 Å². The molecular formula is C15H25FN4O. The predicted octanol–water partition coefficient (Wildman–Crippen LogP) is 1.69. The number of oxime groups is 1. The van der Waals surface area contributed by atoms with Crippen molar-refractivity contribution in [3.8, 4) is 0 Å². The standard InChI is InChI=1S/C15H25FN4O/c1-4-7-20(9-8-19(2)3)11-13-6-5-12(10-14(13)16)15(17)18-21/h5-6,10,21H,4,7-9,11H2,1-3H3,(H2,17,18). The van der Waals surface area contributed by atoms with Crippen LogP contribution in [0.3, 0.4) is 0 Å². The summed E-state index contributed by atoms with van der Waals surface area (Å²) in [6.07, 6.45) is 1.03. The van der Waals surface area contributed by atoms with Crippen molar-refractivity contribution in [2.45, 2.75) is 19.9 Å². The van der Waals surface area contributed by atoms with Crippen LogP contribution in [0.5, 0.6) is 0 Å². The molecule has 0 unspecified atom stereocenters. The third kappa shape index (κ3) is 5.69. The van der Waals surface area contributed by atoms with E-state index in [1.165, 1.54) is 6.07 Å². The van der Waals surface area contributed by atoms with Crippen LogP contribution in [0.25, 0.3) is 0 Å². The van der Waals surface area contributed by atoms with Crippen LogP contribution < -0.4 is 5.73 Å². The van der Waals surface area contributed by atoms with Crippen molar-refractivity contribution in [1.82, 2.24) is 9.80 Å². The first-order chi connectivity index (χ1) is 9.97. The van der Waals surface area contributed by atoms with Gasteiger partial charge in [0.1, 0.15) is 5.82 Å². The monoisotopic (exact) mass is 296 g/mol. The topological polar surface area (TPSA) is 65.1 Å². The summed E-state index contributed by atoms with van der Waals surface area (Å²) in [4.78, 5) is 4.34. The van der Waals surface area contributed by atoms with E-state index in [9.17, 15) is 4.39 Å². The predicted molar refractivity (Wildman–Crippen MR) is 83.0 cm³/mol. The average Bonchev–Trinajstić information content (AvgIpc) is 2.46. The van der Waals surface area contributed by atoms with Gasteiger partial charge in [0, 0.05) is 30.8 Å². The molecule has 1 aromatic carbocycles. The number of rotatable bonds is 8. The Balaban J connectivity index is 2.79. The Labute approximate surface area is 125 Å². The maximum Gasteiger partial charge on any atom is 0.170 e. The molecule has 0 atom stereocenters. The lowest BCUT2D eigenvalue weighted by Crippen LogP contribution is -2.32. The maximum atomic E-state index is 14.1. The molecule has 0 aliphatic carbocycles. The van der Waals surface area contributed by atoms with Crippen molar-refractivity contribution >= 4 is 5.84 Å². The molecule has 0 fully saturated rings. The summed E-state index contributed by atoms with van der Waals surface area (Å²) in [5.41, 5.74) is 6.47. The van der Waals surface area contributed by atoms with Crippen molar-refractivity contribution in [2.75, 3.05) is 33.7 Å². The molecule has 118 valence electrons. The second-order valence-corrected chi connectivity index (χ2v) is 5.37. The SMILES string of the molecule is CCCN(CCN(C)C)Cc1ccc(C(N)=NO)cc1F. The second-order valence-electron chi connectivity index (χ2n) is 5.37. The van der Waals surface area contributed by atoms with Gasteiger partial charge in [-0.15, -0.1) is 0 Å². The number of nitrogens with two attached hydrogens (primary N) is 1. The normalized spacial score (nSPS) is 12.4. The summed E-state index contributed by atoms with van der Waals surface area (Å²) in [6, 6.07) is 4.67. The molecular weight excluding hydrogens is 271 g/mol. The first kappa shape index (κ1) is 17.4. The highest BCUT2D eigenvalue weighted by Gasteiger charge is 2.11. The Hall–Kier alpha value is -1.66. The van der Waals surface area contributed by atoms with Gasteiger partial charge < -0.3 is 15.8 Å². The molecule has 0 spiro atoms. The number of hydrogen-bond acceptors (Lipinski definition) is 4. The van der Waals surface area contributed by atoms with Crippen molar-refractivity contribution in [3.05, 3.63) is 35.1 Å². The zero-order valence-electron chi connectivity index (χ0n) is 13.0. The largest absolute Gasteiger partial charge is 0.409 e. The van der Waals surface area contributed by atoms with Crippen LogP contribution in [0, 0.1) is 5.82 Å². The zero-order valence-corrected chi connectivity index (χ0v) is 13.0. The van der Waals surface area contributed by atoms with E-state index in [4.69, 9.17) is 10.9 Å². The third-order valence-corrected chi connectivity index (χ3v) is 3.25. The summed E-state index contributed by atoms with van der Waals surface area (Å²) >= 11 is 0. The van der Waals surface area contributed by atoms with E-state index in [1.807, 2.05) is 14.1 Å². The van der Waals surface area contributed by atoms with Crippen molar-refractivity contribution in [2.24, 2.45) is 10.9 Å². The fourth-order valence-corrected chi connectivity index (χ4v) is 2.06. The summed E-state index contributed by atoms with van der Waals surface area (Å²) in [6.45, 7) is 5.42. The summed E-state index contributed by atoms with van der Waals surface area (Å²) in [5.74, 6) is -0.413. The highest BCUT2D eigenvalue weighted by molar-refractivity contribution is 5.97. The fraction of sp³-hybridized carbons (Fsp3) is 0.533. The van der Waals surface area contributed by atoms with Gasteiger partial charge in [-0.1, -0.05) is 24.2 Å².